The Morgan fingerprint density at radius 3 is 2.44 bits per heavy atom. The first kappa shape index (κ1) is 23.6. The molecule has 3 aromatic rings. The molecule has 2 aromatic carbocycles. The molecule has 0 atom stereocenters. The molecule has 0 aliphatic heterocycles. The number of halogens is 3. The third-order valence-corrected chi connectivity index (χ3v) is 5.85. The average molecular weight is 465 g/mol. The number of imidazole rings is 1. The lowest BCUT2D eigenvalue weighted by Crippen LogP contribution is -2.43. The molecule has 0 bridgehead atoms. The van der Waals surface area contributed by atoms with Gasteiger partial charge >= 0.3 is 6.18 Å². The molecular weight excluding hydrogens is 441 g/mol. The van der Waals surface area contributed by atoms with Crippen molar-refractivity contribution in [2.75, 3.05) is 17.6 Å². The molecule has 0 aliphatic rings. The summed E-state index contributed by atoms with van der Waals surface area (Å²) >= 11 is 1.24. The van der Waals surface area contributed by atoms with Crippen LogP contribution in [0.25, 0.3) is 11.0 Å². The standard InChI is InChI=1S/C22H23F3N4O2S/c1-14(2)29(12-19(30)26-16-9-5-4-8-15(16)22(23,24)25)20(31)13-32-21-27-17-10-6-7-11-18(17)28(21)3/h4-11,14H,12-13H2,1-3H3,(H,26,30). The number of thioether (sulfide) groups is 1. The number of nitrogens with one attached hydrogen (secondary N) is 1. The predicted molar refractivity (Wildman–Crippen MR) is 118 cm³/mol. The van der Waals surface area contributed by atoms with Gasteiger partial charge in [0.15, 0.2) is 5.16 Å². The van der Waals surface area contributed by atoms with Crippen molar-refractivity contribution in [1.29, 1.82) is 0 Å². The average Bonchev–Trinajstić information content (AvgIpc) is 3.05. The molecule has 0 radical (unpaired) electrons. The fourth-order valence-electron chi connectivity index (χ4n) is 3.20. The summed E-state index contributed by atoms with van der Waals surface area (Å²) in [6.45, 7) is 3.13. The van der Waals surface area contributed by atoms with Gasteiger partial charge in [-0.25, -0.2) is 4.98 Å². The van der Waals surface area contributed by atoms with Crippen LogP contribution in [0, 0.1) is 0 Å². The van der Waals surface area contributed by atoms with Gasteiger partial charge in [0.25, 0.3) is 0 Å². The van der Waals surface area contributed by atoms with E-state index in [0.717, 1.165) is 17.1 Å². The topological polar surface area (TPSA) is 67.2 Å². The van der Waals surface area contributed by atoms with Gasteiger partial charge in [0, 0.05) is 13.1 Å². The third-order valence-electron chi connectivity index (χ3n) is 4.84. The van der Waals surface area contributed by atoms with E-state index in [0.29, 0.717) is 5.16 Å². The van der Waals surface area contributed by atoms with Crippen LogP contribution < -0.4 is 5.32 Å². The Labute approximate surface area is 187 Å². The quantitative estimate of drug-likeness (QED) is 0.521. The number of hydrogen-bond donors (Lipinski definition) is 1. The number of benzene rings is 2. The van der Waals surface area contributed by atoms with E-state index in [2.05, 4.69) is 10.3 Å². The molecular formula is C22H23F3N4O2S. The number of rotatable bonds is 7. The minimum atomic E-state index is -4.60. The van der Waals surface area contributed by atoms with Crippen molar-refractivity contribution in [3.63, 3.8) is 0 Å². The van der Waals surface area contributed by atoms with Crippen molar-refractivity contribution in [2.45, 2.75) is 31.2 Å². The van der Waals surface area contributed by atoms with Gasteiger partial charge in [-0.1, -0.05) is 36.0 Å². The number of carbonyl (C=O) groups excluding carboxylic acids is 2. The monoisotopic (exact) mass is 464 g/mol. The Morgan fingerprint density at radius 1 is 1.12 bits per heavy atom. The number of aryl methyl sites for hydroxylation is 1. The molecule has 2 amide bonds. The van der Waals surface area contributed by atoms with Crippen LogP contribution in [0.2, 0.25) is 0 Å². The lowest BCUT2D eigenvalue weighted by molar-refractivity contribution is -0.137. The first-order valence-corrected chi connectivity index (χ1v) is 10.9. The molecule has 6 nitrogen and oxygen atoms in total. The summed E-state index contributed by atoms with van der Waals surface area (Å²) in [5.74, 6) is -0.963. The molecule has 0 fully saturated rings. The zero-order chi connectivity index (χ0) is 23.5. The smallest absolute Gasteiger partial charge is 0.330 e. The van der Waals surface area contributed by atoms with Crippen LogP contribution in [0.1, 0.15) is 19.4 Å². The molecule has 0 spiro atoms. The summed E-state index contributed by atoms with van der Waals surface area (Å²) in [4.78, 5) is 31.1. The molecule has 1 aromatic heterocycles. The van der Waals surface area contributed by atoms with E-state index in [1.807, 2.05) is 35.9 Å². The number of anilines is 1. The molecule has 170 valence electrons. The van der Waals surface area contributed by atoms with Gasteiger partial charge in [-0.2, -0.15) is 13.2 Å². The molecule has 0 aliphatic carbocycles. The summed E-state index contributed by atoms with van der Waals surface area (Å²) in [6.07, 6.45) is -4.60. The van der Waals surface area contributed by atoms with Gasteiger partial charge in [-0.15, -0.1) is 0 Å². The number of nitrogens with zero attached hydrogens (tertiary/aromatic N) is 3. The highest BCUT2D eigenvalue weighted by Crippen LogP contribution is 2.34. The van der Waals surface area contributed by atoms with E-state index in [1.54, 1.807) is 13.8 Å². The van der Waals surface area contributed by atoms with Crippen molar-refractivity contribution in [1.82, 2.24) is 14.5 Å². The Kier molecular flexibility index (Phi) is 7.12. The van der Waals surface area contributed by atoms with Crippen LogP contribution in [0.15, 0.2) is 53.7 Å². The van der Waals surface area contributed by atoms with Crippen molar-refractivity contribution >= 4 is 40.3 Å². The maximum absolute atomic E-state index is 13.2. The third kappa shape index (κ3) is 5.42. The van der Waals surface area contributed by atoms with Crippen molar-refractivity contribution in [3.05, 3.63) is 54.1 Å². The van der Waals surface area contributed by atoms with Crippen molar-refractivity contribution in [2.24, 2.45) is 7.05 Å². The highest BCUT2D eigenvalue weighted by Gasteiger charge is 2.33. The molecule has 1 N–H and O–H groups in total. The number of alkyl halides is 3. The number of amides is 2. The number of para-hydroxylation sites is 3. The molecule has 3 rings (SSSR count). The van der Waals surface area contributed by atoms with E-state index in [9.17, 15) is 22.8 Å². The minimum absolute atomic E-state index is 0.0434. The van der Waals surface area contributed by atoms with Gasteiger partial charge in [0.1, 0.15) is 6.54 Å². The van der Waals surface area contributed by atoms with Crippen molar-refractivity contribution < 1.29 is 22.8 Å². The summed E-state index contributed by atoms with van der Waals surface area (Å²) in [5.41, 5.74) is 0.475. The number of hydrogen-bond acceptors (Lipinski definition) is 4. The Bertz CT molecular complexity index is 1130. The maximum Gasteiger partial charge on any atom is 0.418 e. The van der Waals surface area contributed by atoms with Crippen LogP contribution in [0.5, 0.6) is 0 Å². The van der Waals surface area contributed by atoms with Gasteiger partial charge in [0.2, 0.25) is 11.8 Å². The zero-order valence-corrected chi connectivity index (χ0v) is 18.6. The number of aromatic nitrogens is 2. The molecule has 0 unspecified atom stereocenters. The fraction of sp³-hybridized carbons (Fsp3) is 0.318. The summed E-state index contributed by atoms with van der Waals surface area (Å²) in [5, 5.41) is 2.94. The Hall–Kier alpha value is -3.01. The summed E-state index contributed by atoms with van der Waals surface area (Å²) in [6, 6.07) is 12.0. The minimum Gasteiger partial charge on any atom is -0.330 e. The summed E-state index contributed by atoms with van der Waals surface area (Å²) in [7, 11) is 1.86. The van der Waals surface area contributed by atoms with Crippen molar-refractivity contribution in [3.8, 4) is 0 Å². The molecule has 32 heavy (non-hydrogen) atoms. The first-order valence-electron chi connectivity index (χ1n) is 9.87. The van der Waals surface area contributed by atoms with Crippen LogP contribution in [-0.2, 0) is 22.8 Å². The lowest BCUT2D eigenvalue weighted by Gasteiger charge is -2.26. The van der Waals surface area contributed by atoms with Gasteiger partial charge in [0.05, 0.1) is 28.0 Å². The Morgan fingerprint density at radius 2 is 1.78 bits per heavy atom. The molecule has 0 saturated heterocycles. The Balaban J connectivity index is 1.67. The van der Waals surface area contributed by atoms with E-state index >= 15 is 0 Å². The fourth-order valence-corrected chi connectivity index (χ4v) is 4.08. The maximum atomic E-state index is 13.2. The van der Waals surface area contributed by atoms with Gasteiger partial charge in [-0.3, -0.25) is 9.59 Å². The van der Waals surface area contributed by atoms with E-state index in [-0.39, 0.29) is 29.9 Å². The van der Waals surface area contributed by atoms with E-state index < -0.39 is 17.6 Å². The first-order chi connectivity index (χ1) is 15.1. The van der Waals surface area contributed by atoms with Crippen LogP contribution in [0.4, 0.5) is 18.9 Å². The van der Waals surface area contributed by atoms with Crippen LogP contribution in [-0.4, -0.2) is 44.6 Å². The highest BCUT2D eigenvalue weighted by molar-refractivity contribution is 7.99. The largest absolute Gasteiger partial charge is 0.418 e. The zero-order valence-electron chi connectivity index (χ0n) is 17.8. The molecule has 10 heteroatoms. The number of fused-ring (bicyclic) bond motifs is 1. The molecule has 0 saturated carbocycles. The predicted octanol–water partition coefficient (Wildman–Crippen LogP) is 4.56. The number of carbonyl (C=O) groups is 2. The van der Waals surface area contributed by atoms with Gasteiger partial charge < -0.3 is 14.8 Å². The second kappa shape index (κ2) is 9.64. The van der Waals surface area contributed by atoms with E-state index in [4.69, 9.17) is 0 Å². The van der Waals surface area contributed by atoms with Crippen LogP contribution >= 0.6 is 11.8 Å². The van der Waals surface area contributed by atoms with Crippen LogP contribution in [0.3, 0.4) is 0 Å². The second-order valence-electron chi connectivity index (χ2n) is 7.44. The van der Waals surface area contributed by atoms with E-state index in [1.165, 1.54) is 34.9 Å². The summed E-state index contributed by atoms with van der Waals surface area (Å²) < 4.78 is 41.4. The molecule has 1 heterocycles. The normalized spacial score (nSPS) is 11.7. The highest BCUT2D eigenvalue weighted by atomic mass is 32.2. The SMILES string of the molecule is CC(C)N(CC(=O)Nc1ccccc1C(F)(F)F)C(=O)CSc1nc2ccccc2n1C. The van der Waals surface area contributed by atoms with Gasteiger partial charge in [-0.05, 0) is 38.1 Å². The lowest BCUT2D eigenvalue weighted by atomic mass is 10.1. The second-order valence-corrected chi connectivity index (χ2v) is 8.38.